The van der Waals surface area contributed by atoms with Gasteiger partial charge < -0.3 is 5.73 Å². The quantitative estimate of drug-likeness (QED) is 0.895. The maximum absolute atomic E-state index is 11.2. The molecule has 0 aliphatic rings. The monoisotopic (exact) mass is 321 g/mol. The summed E-state index contributed by atoms with van der Waals surface area (Å²) in [5.41, 5.74) is 6.22. The average Bonchev–Trinajstić information content (AvgIpc) is 2.06. The minimum Gasteiger partial charge on any atom is -0.383 e. The Morgan fingerprint density at radius 3 is 2.24 bits per heavy atom. The Bertz CT molecular complexity index is 535. The highest BCUT2D eigenvalue weighted by molar-refractivity contribution is 9.10. The summed E-state index contributed by atoms with van der Waals surface area (Å²) in [6, 6.07) is 0. The Kier molecular flexibility index (Phi) is 3.83. The topological polar surface area (TPSA) is 85.9 Å². The number of rotatable bonds is 2. The van der Waals surface area contributed by atoms with Gasteiger partial charge in [0.25, 0.3) is 0 Å². The highest BCUT2D eigenvalue weighted by Crippen LogP contribution is 2.31. The fraction of sp³-hybridized carbons (Fsp3) is 0.600. The molecule has 0 bridgehead atoms. The van der Waals surface area contributed by atoms with Crippen LogP contribution < -0.4 is 5.73 Å². The van der Waals surface area contributed by atoms with Crippen LogP contribution in [0.25, 0.3) is 0 Å². The number of aromatic nitrogens is 2. The molecule has 1 rings (SSSR count). The van der Waals surface area contributed by atoms with Gasteiger partial charge >= 0.3 is 0 Å². The van der Waals surface area contributed by atoms with Crippen molar-refractivity contribution in [1.82, 2.24) is 9.97 Å². The van der Waals surface area contributed by atoms with Crippen molar-refractivity contribution in [3.8, 4) is 0 Å². The Morgan fingerprint density at radius 2 is 1.82 bits per heavy atom. The van der Waals surface area contributed by atoms with E-state index < -0.39 is 9.84 Å². The predicted molar refractivity (Wildman–Crippen MR) is 71.4 cm³/mol. The van der Waals surface area contributed by atoms with Gasteiger partial charge in [-0.2, -0.15) is 0 Å². The summed E-state index contributed by atoms with van der Waals surface area (Å²) in [4.78, 5) is 8.25. The number of nitrogen functional groups attached to an aromatic ring is 1. The van der Waals surface area contributed by atoms with Crippen LogP contribution in [0.1, 0.15) is 32.3 Å². The van der Waals surface area contributed by atoms with E-state index in [4.69, 9.17) is 5.73 Å². The van der Waals surface area contributed by atoms with Gasteiger partial charge in [0.2, 0.25) is 0 Å². The lowest BCUT2D eigenvalue weighted by molar-refractivity contribution is 0.559. The van der Waals surface area contributed by atoms with Crippen molar-refractivity contribution in [3.05, 3.63) is 16.0 Å². The van der Waals surface area contributed by atoms with E-state index >= 15 is 0 Å². The molecule has 2 N–H and O–H groups in total. The second-order valence-electron chi connectivity index (χ2n) is 5.01. The van der Waals surface area contributed by atoms with Gasteiger partial charge in [0.15, 0.2) is 9.84 Å². The van der Waals surface area contributed by atoms with Crippen LogP contribution in [0.15, 0.2) is 4.47 Å². The molecule has 0 spiro atoms. The number of nitrogens with zero attached hydrogens (tertiary/aromatic N) is 2. The highest BCUT2D eigenvalue weighted by atomic mass is 79.9. The first-order valence-electron chi connectivity index (χ1n) is 5.01. The average molecular weight is 322 g/mol. The molecular weight excluding hydrogens is 306 g/mol. The second kappa shape index (κ2) is 4.53. The highest BCUT2D eigenvalue weighted by Gasteiger charge is 2.23. The van der Waals surface area contributed by atoms with Gasteiger partial charge in [-0.1, -0.05) is 20.8 Å². The summed E-state index contributed by atoms with van der Waals surface area (Å²) in [7, 11) is -3.16. The first-order valence-corrected chi connectivity index (χ1v) is 7.86. The van der Waals surface area contributed by atoms with Gasteiger partial charge in [0, 0.05) is 11.7 Å². The van der Waals surface area contributed by atoms with Crippen LogP contribution in [0.5, 0.6) is 0 Å². The van der Waals surface area contributed by atoms with Crippen LogP contribution >= 0.6 is 15.9 Å². The molecule has 0 amide bonds. The van der Waals surface area contributed by atoms with Gasteiger partial charge in [0.05, 0.1) is 10.2 Å². The van der Waals surface area contributed by atoms with Gasteiger partial charge in [0.1, 0.15) is 17.4 Å². The molecule has 0 fully saturated rings. The summed E-state index contributed by atoms with van der Waals surface area (Å²) < 4.78 is 23.1. The maximum Gasteiger partial charge on any atom is 0.154 e. The van der Waals surface area contributed by atoms with E-state index in [0.717, 1.165) is 6.26 Å². The van der Waals surface area contributed by atoms with Crippen molar-refractivity contribution in [1.29, 1.82) is 0 Å². The summed E-state index contributed by atoms with van der Waals surface area (Å²) in [5.74, 6) is 0.301. The Balaban J connectivity index is 3.34. The Morgan fingerprint density at radius 1 is 1.29 bits per heavy atom. The number of hydrogen-bond acceptors (Lipinski definition) is 5. The third-order valence-electron chi connectivity index (χ3n) is 2.02. The van der Waals surface area contributed by atoms with Crippen LogP contribution in [-0.2, 0) is 21.0 Å². The van der Waals surface area contributed by atoms with Crippen molar-refractivity contribution in [2.45, 2.75) is 31.9 Å². The molecule has 1 aromatic heterocycles. The van der Waals surface area contributed by atoms with Crippen molar-refractivity contribution >= 4 is 31.6 Å². The lowest BCUT2D eigenvalue weighted by Gasteiger charge is -2.20. The zero-order chi connectivity index (χ0) is 13.4. The standard InChI is InChI=1S/C10H16BrN3O2S/c1-10(2,3)8-7(11)9(12)14-6(13-8)5-17(4,15)16/h5H2,1-4H3,(H2,12,13,14). The van der Waals surface area contributed by atoms with Crippen LogP contribution in [0.3, 0.4) is 0 Å². The van der Waals surface area contributed by atoms with Crippen molar-refractivity contribution in [2.24, 2.45) is 0 Å². The maximum atomic E-state index is 11.2. The fourth-order valence-corrected chi connectivity index (χ4v) is 2.68. The molecule has 5 nitrogen and oxygen atoms in total. The van der Waals surface area contributed by atoms with Crippen LogP contribution in [0.2, 0.25) is 0 Å². The molecule has 0 saturated heterocycles. The molecule has 96 valence electrons. The van der Waals surface area contributed by atoms with Crippen molar-refractivity contribution in [2.75, 3.05) is 12.0 Å². The SMILES string of the molecule is CC(C)(C)c1nc(CS(C)(=O)=O)nc(N)c1Br. The van der Waals surface area contributed by atoms with Crippen molar-refractivity contribution < 1.29 is 8.42 Å². The summed E-state index contributed by atoms with van der Waals surface area (Å²) >= 11 is 3.33. The summed E-state index contributed by atoms with van der Waals surface area (Å²) in [5, 5.41) is 0. The largest absolute Gasteiger partial charge is 0.383 e. The molecule has 0 aliphatic heterocycles. The molecule has 0 atom stereocenters. The Labute approximate surface area is 110 Å². The molecule has 7 heteroatoms. The minimum atomic E-state index is -3.16. The van der Waals surface area contributed by atoms with E-state index in [9.17, 15) is 8.42 Å². The number of anilines is 1. The molecule has 0 radical (unpaired) electrons. The Hall–Kier alpha value is -0.690. The van der Waals surface area contributed by atoms with Gasteiger partial charge in [-0.3, -0.25) is 0 Å². The zero-order valence-corrected chi connectivity index (χ0v) is 12.7. The van der Waals surface area contributed by atoms with Crippen LogP contribution in [-0.4, -0.2) is 24.6 Å². The van der Waals surface area contributed by atoms with E-state index in [-0.39, 0.29) is 22.8 Å². The molecule has 0 saturated carbocycles. The van der Waals surface area contributed by atoms with E-state index in [0.29, 0.717) is 10.2 Å². The smallest absolute Gasteiger partial charge is 0.154 e. The molecule has 1 aromatic rings. The molecule has 0 unspecified atom stereocenters. The van der Waals surface area contributed by atoms with E-state index in [1.54, 1.807) is 0 Å². The van der Waals surface area contributed by atoms with E-state index in [2.05, 4.69) is 25.9 Å². The molecular formula is C10H16BrN3O2S. The zero-order valence-electron chi connectivity index (χ0n) is 10.3. The van der Waals surface area contributed by atoms with E-state index in [1.807, 2.05) is 20.8 Å². The number of sulfone groups is 1. The van der Waals surface area contributed by atoms with Crippen molar-refractivity contribution in [3.63, 3.8) is 0 Å². The first kappa shape index (κ1) is 14.4. The predicted octanol–water partition coefficient (Wildman–Crippen LogP) is 1.66. The third-order valence-corrected chi connectivity index (χ3v) is 3.59. The van der Waals surface area contributed by atoms with Gasteiger partial charge in [-0.25, -0.2) is 18.4 Å². The van der Waals surface area contributed by atoms with Gasteiger partial charge in [-0.15, -0.1) is 0 Å². The normalized spacial score (nSPS) is 12.8. The summed E-state index contributed by atoms with van der Waals surface area (Å²) in [6.45, 7) is 5.93. The van der Waals surface area contributed by atoms with Crippen LogP contribution in [0, 0.1) is 0 Å². The minimum absolute atomic E-state index is 0.201. The molecule has 0 aromatic carbocycles. The first-order chi connectivity index (χ1) is 7.50. The molecule has 1 heterocycles. The molecule has 17 heavy (non-hydrogen) atoms. The lowest BCUT2D eigenvalue weighted by atomic mass is 9.92. The molecule has 0 aliphatic carbocycles. The fourth-order valence-electron chi connectivity index (χ4n) is 1.31. The number of hydrogen-bond donors (Lipinski definition) is 1. The number of halogens is 1. The van der Waals surface area contributed by atoms with Crippen LogP contribution in [0.4, 0.5) is 5.82 Å². The summed E-state index contributed by atoms with van der Waals surface area (Å²) in [6.07, 6.45) is 1.14. The van der Waals surface area contributed by atoms with Gasteiger partial charge in [-0.05, 0) is 15.9 Å². The van der Waals surface area contributed by atoms with E-state index in [1.165, 1.54) is 0 Å². The second-order valence-corrected chi connectivity index (χ2v) is 7.94. The number of nitrogens with two attached hydrogens (primary N) is 1. The third kappa shape index (κ3) is 3.92. The lowest BCUT2D eigenvalue weighted by Crippen LogP contribution is -2.19.